The highest BCUT2D eigenvalue weighted by atomic mass is 16.3. The molecule has 4 rings (SSSR count). The monoisotopic (exact) mass is 425 g/mol. The molecule has 0 bridgehead atoms. The van der Waals surface area contributed by atoms with E-state index in [-0.39, 0.29) is 17.4 Å². The predicted octanol–water partition coefficient (Wildman–Crippen LogP) is 4.89. The number of hydrogen-bond acceptors (Lipinski definition) is 5. The minimum atomic E-state index is -0.432. The van der Waals surface area contributed by atoms with Gasteiger partial charge in [-0.25, -0.2) is 9.97 Å². The van der Waals surface area contributed by atoms with Gasteiger partial charge in [0, 0.05) is 12.0 Å². The van der Waals surface area contributed by atoms with Crippen molar-refractivity contribution in [3.05, 3.63) is 102 Å². The Hall–Kier alpha value is -4.19. The molecule has 32 heavy (non-hydrogen) atoms. The molecule has 0 spiro atoms. The third-order valence-electron chi connectivity index (χ3n) is 5.25. The summed E-state index contributed by atoms with van der Waals surface area (Å²) in [7, 11) is 0. The first-order valence-corrected chi connectivity index (χ1v) is 10.3. The average molecular weight is 425 g/mol. The third-order valence-corrected chi connectivity index (χ3v) is 5.25. The van der Waals surface area contributed by atoms with E-state index in [9.17, 15) is 15.0 Å². The first-order valence-electron chi connectivity index (χ1n) is 10.3. The number of aromatic nitrogens is 2. The van der Waals surface area contributed by atoms with Crippen LogP contribution in [0, 0.1) is 0 Å². The molecule has 6 heteroatoms. The molecule has 3 N–H and O–H groups in total. The molecule has 6 nitrogen and oxygen atoms in total. The van der Waals surface area contributed by atoms with Crippen LogP contribution in [-0.4, -0.2) is 26.1 Å². The van der Waals surface area contributed by atoms with Crippen molar-refractivity contribution < 1.29 is 15.0 Å². The van der Waals surface area contributed by atoms with Crippen LogP contribution in [0.1, 0.15) is 29.7 Å². The van der Waals surface area contributed by atoms with E-state index in [1.807, 2.05) is 30.3 Å². The normalized spacial score (nSPS) is 11.7. The summed E-state index contributed by atoms with van der Waals surface area (Å²) in [4.78, 5) is 22.2. The van der Waals surface area contributed by atoms with Crippen LogP contribution in [0.2, 0.25) is 0 Å². The molecular weight excluding hydrogens is 402 g/mol. The molecule has 0 saturated heterocycles. The minimum absolute atomic E-state index is 0.155. The zero-order chi connectivity index (χ0) is 22.5. The number of phenols is 2. The zero-order valence-electron chi connectivity index (χ0n) is 17.6. The van der Waals surface area contributed by atoms with E-state index < -0.39 is 5.92 Å². The van der Waals surface area contributed by atoms with Gasteiger partial charge in [0.05, 0.1) is 23.5 Å². The fourth-order valence-electron chi connectivity index (χ4n) is 3.35. The van der Waals surface area contributed by atoms with Crippen LogP contribution in [0.5, 0.6) is 11.5 Å². The van der Waals surface area contributed by atoms with E-state index in [1.165, 1.54) is 0 Å². The minimum Gasteiger partial charge on any atom is -0.508 e. The molecule has 1 unspecified atom stereocenters. The molecule has 1 atom stereocenters. The smallest absolute Gasteiger partial charge is 0.232 e. The lowest BCUT2D eigenvalue weighted by Gasteiger charge is -2.15. The van der Waals surface area contributed by atoms with E-state index >= 15 is 0 Å². The summed E-state index contributed by atoms with van der Waals surface area (Å²) in [6.45, 7) is 1.80. The summed E-state index contributed by atoms with van der Waals surface area (Å²) in [5.41, 5.74) is 3.96. The van der Waals surface area contributed by atoms with Gasteiger partial charge in [0.1, 0.15) is 11.5 Å². The van der Waals surface area contributed by atoms with Gasteiger partial charge in [-0.1, -0.05) is 42.5 Å². The standard InChI is InChI=1S/C26H23N3O3/c1-17(19-7-11-21(30)12-8-19)26(32)29-25-23(15-18-5-3-2-4-6-18)28-24(16-27-25)20-9-13-22(31)14-10-20/h2-14,16-17,30-31H,15H2,1H3,(H,27,29,32). The van der Waals surface area contributed by atoms with Crippen LogP contribution >= 0.6 is 0 Å². The van der Waals surface area contributed by atoms with Crippen LogP contribution < -0.4 is 5.32 Å². The molecule has 0 aliphatic heterocycles. The number of anilines is 1. The van der Waals surface area contributed by atoms with E-state index in [4.69, 9.17) is 4.98 Å². The Labute approximate surface area is 186 Å². The Bertz CT molecular complexity index is 1210. The molecule has 3 aromatic carbocycles. The van der Waals surface area contributed by atoms with Crippen LogP contribution in [0.25, 0.3) is 11.3 Å². The van der Waals surface area contributed by atoms with Gasteiger partial charge in [0.2, 0.25) is 5.91 Å². The van der Waals surface area contributed by atoms with Crippen LogP contribution in [-0.2, 0) is 11.2 Å². The molecule has 1 amide bonds. The van der Waals surface area contributed by atoms with Gasteiger partial charge in [0.25, 0.3) is 0 Å². The maximum Gasteiger partial charge on any atom is 0.232 e. The van der Waals surface area contributed by atoms with Gasteiger partial charge in [-0.05, 0) is 54.4 Å². The van der Waals surface area contributed by atoms with Gasteiger partial charge >= 0.3 is 0 Å². The molecule has 1 aromatic heterocycles. The fraction of sp³-hybridized carbons (Fsp3) is 0.115. The Kier molecular flexibility index (Phi) is 6.12. The molecule has 0 aliphatic rings. The maximum atomic E-state index is 12.9. The van der Waals surface area contributed by atoms with E-state index in [0.717, 1.165) is 16.7 Å². The highest BCUT2D eigenvalue weighted by molar-refractivity contribution is 5.95. The van der Waals surface area contributed by atoms with Crippen LogP contribution in [0.3, 0.4) is 0 Å². The summed E-state index contributed by atoms with van der Waals surface area (Å²) in [5.74, 6) is 0.1000. The second kappa shape index (κ2) is 9.31. The topological polar surface area (TPSA) is 95.3 Å². The van der Waals surface area contributed by atoms with Crippen molar-refractivity contribution in [2.75, 3.05) is 5.32 Å². The van der Waals surface area contributed by atoms with E-state index in [0.29, 0.717) is 23.6 Å². The lowest BCUT2D eigenvalue weighted by Crippen LogP contribution is -2.21. The van der Waals surface area contributed by atoms with Crippen molar-refractivity contribution in [3.8, 4) is 22.8 Å². The Balaban J connectivity index is 1.64. The first-order chi connectivity index (χ1) is 15.5. The average Bonchev–Trinajstić information content (AvgIpc) is 2.81. The van der Waals surface area contributed by atoms with Crippen LogP contribution in [0.15, 0.2) is 85.1 Å². The van der Waals surface area contributed by atoms with Gasteiger partial charge < -0.3 is 15.5 Å². The molecule has 160 valence electrons. The zero-order valence-corrected chi connectivity index (χ0v) is 17.6. The molecule has 0 aliphatic carbocycles. The fourth-order valence-corrected chi connectivity index (χ4v) is 3.35. The highest BCUT2D eigenvalue weighted by Crippen LogP contribution is 2.25. The SMILES string of the molecule is CC(C(=O)Nc1ncc(-c2ccc(O)cc2)nc1Cc1ccccc1)c1ccc(O)cc1. The molecule has 0 saturated carbocycles. The van der Waals surface area contributed by atoms with Crippen molar-refractivity contribution in [3.63, 3.8) is 0 Å². The number of rotatable bonds is 6. The number of amides is 1. The number of carbonyl (C=O) groups excluding carboxylic acids is 1. The van der Waals surface area contributed by atoms with Gasteiger partial charge in [-0.2, -0.15) is 0 Å². The third kappa shape index (κ3) is 4.92. The number of phenolic OH excluding ortho intramolecular Hbond substituents is 2. The lowest BCUT2D eigenvalue weighted by molar-refractivity contribution is -0.117. The molecule has 0 fully saturated rings. The number of nitrogens with zero attached hydrogens (tertiary/aromatic N) is 2. The molecule has 1 heterocycles. The maximum absolute atomic E-state index is 12.9. The summed E-state index contributed by atoms with van der Waals surface area (Å²) in [5, 5.41) is 22.0. The predicted molar refractivity (Wildman–Crippen MR) is 124 cm³/mol. The largest absolute Gasteiger partial charge is 0.508 e. The summed E-state index contributed by atoms with van der Waals surface area (Å²) < 4.78 is 0. The number of carbonyl (C=O) groups is 1. The molecular formula is C26H23N3O3. The molecule has 4 aromatic rings. The van der Waals surface area contributed by atoms with Crippen molar-refractivity contribution >= 4 is 11.7 Å². The highest BCUT2D eigenvalue weighted by Gasteiger charge is 2.19. The van der Waals surface area contributed by atoms with Gasteiger partial charge in [0.15, 0.2) is 5.82 Å². The summed E-state index contributed by atoms with van der Waals surface area (Å²) in [6.07, 6.45) is 2.12. The number of aromatic hydroxyl groups is 2. The van der Waals surface area contributed by atoms with Crippen molar-refractivity contribution in [2.24, 2.45) is 0 Å². The van der Waals surface area contributed by atoms with Crippen molar-refractivity contribution in [2.45, 2.75) is 19.3 Å². The second-order valence-corrected chi connectivity index (χ2v) is 7.56. The Morgan fingerprint density at radius 1 is 0.906 bits per heavy atom. The quantitative estimate of drug-likeness (QED) is 0.409. The summed E-state index contributed by atoms with van der Waals surface area (Å²) >= 11 is 0. The van der Waals surface area contributed by atoms with Crippen LogP contribution in [0.4, 0.5) is 5.82 Å². The molecule has 0 radical (unpaired) electrons. The van der Waals surface area contributed by atoms with Gasteiger partial charge in [-0.3, -0.25) is 4.79 Å². The Morgan fingerprint density at radius 3 is 2.19 bits per heavy atom. The lowest BCUT2D eigenvalue weighted by atomic mass is 10.00. The van der Waals surface area contributed by atoms with Crippen molar-refractivity contribution in [1.82, 2.24) is 9.97 Å². The van der Waals surface area contributed by atoms with Gasteiger partial charge in [-0.15, -0.1) is 0 Å². The first kappa shape index (κ1) is 21.1. The number of hydrogen-bond donors (Lipinski definition) is 3. The second-order valence-electron chi connectivity index (χ2n) is 7.56. The number of benzene rings is 3. The summed E-state index contributed by atoms with van der Waals surface area (Å²) in [6, 6.07) is 23.2. The Morgan fingerprint density at radius 2 is 1.53 bits per heavy atom. The van der Waals surface area contributed by atoms with E-state index in [2.05, 4.69) is 10.3 Å². The number of nitrogens with one attached hydrogen (secondary N) is 1. The van der Waals surface area contributed by atoms with Crippen molar-refractivity contribution in [1.29, 1.82) is 0 Å². The van der Waals surface area contributed by atoms with E-state index in [1.54, 1.807) is 61.7 Å².